The summed E-state index contributed by atoms with van der Waals surface area (Å²) in [6.45, 7) is 3.10. The molecular formula is C18H26FNO. The van der Waals surface area contributed by atoms with Crippen molar-refractivity contribution in [3.05, 3.63) is 41.2 Å². The molecule has 1 aromatic rings. The van der Waals surface area contributed by atoms with Crippen LogP contribution in [0.25, 0.3) is 0 Å². The molecule has 0 aromatic heterocycles. The van der Waals surface area contributed by atoms with Crippen LogP contribution in [0.2, 0.25) is 0 Å². The third-order valence-electron chi connectivity index (χ3n) is 4.07. The van der Waals surface area contributed by atoms with Gasteiger partial charge >= 0.3 is 0 Å². The zero-order valence-electron chi connectivity index (χ0n) is 13.1. The van der Waals surface area contributed by atoms with Crippen molar-refractivity contribution in [1.29, 1.82) is 0 Å². The standard InChI is InChI=1S/C18H26FNO/c1-3-11-20-17(12-14-7-5-4-6-8-14)15-9-10-18(21-2)16(19)13-15/h7,9-10,13,17,20H,3-6,8,11-12H2,1-2H3. The Balaban J connectivity index is 2.14. The summed E-state index contributed by atoms with van der Waals surface area (Å²) < 4.78 is 18.9. The van der Waals surface area contributed by atoms with E-state index in [2.05, 4.69) is 18.3 Å². The summed E-state index contributed by atoms with van der Waals surface area (Å²) in [5, 5.41) is 3.55. The zero-order chi connectivity index (χ0) is 15.1. The molecule has 2 nitrogen and oxygen atoms in total. The predicted octanol–water partition coefficient (Wildman–Crippen LogP) is 4.77. The molecule has 1 aliphatic rings. The van der Waals surface area contributed by atoms with Crippen LogP contribution in [0.4, 0.5) is 4.39 Å². The van der Waals surface area contributed by atoms with E-state index in [1.54, 1.807) is 12.1 Å². The lowest BCUT2D eigenvalue weighted by Crippen LogP contribution is -2.23. The number of nitrogens with one attached hydrogen (secondary N) is 1. The average Bonchev–Trinajstić information content (AvgIpc) is 2.52. The zero-order valence-corrected chi connectivity index (χ0v) is 13.1. The van der Waals surface area contributed by atoms with Crippen LogP contribution in [-0.4, -0.2) is 13.7 Å². The minimum atomic E-state index is -0.282. The number of methoxy groups -OCH3 is 1. The van der Waals surface area contributed by atoms with Gasteiger partial charge in [0.1, 0.15) is 0 Å². The van der Waals surface area contributed by atoms with E-state index in [0.29, 0.717) is 5.75 Å². The molecule has 1 aromatic carbocycles. The Bertz CT molecular complexity index is 484. The maximum absolute atomic E-state index is 13.9. The SMILES string of the molecule is CCCNC(CC1=CCCCC1)c1ccc(OC)c(F)c1. The third-order valence-corrected chi connectivity index (χ3v) is 4.07. The molecule has 2 rings (SSSR count). The Morgan fingerprint density at radius 2 is 2.19 bits per heavy atom. The number of halogens is 1. The molecule has 0 radical (unpaired) electrons. The van der Waals surface area contributed by atoms with E-state index in [1.165, 1.54) is 38.4 Å². The Labute approximate surface area is 127 Å². The van der Waals surface area contributed by atoms with Crippen LogP contribution in [0.15, 0.2) is 29.8 Å². The molecule has 0 heterocycles. The maximum atomic E-state index is 13.9. The topological polar surface area (TPSA) is 21.3 Å². The Kier molecular flexibility index (Phi) is 6.24. The molecule has 116 valence electrons. The highest BCUT2D eigenvalue weighted by molar-refractivity contribution is 5.32. The van der Waals surface area contributed by atoms with Gasteiger partial charge in [0.05, 0.1) is 7.11 Å². The van der Waals surface area contributed by atoms with Crippen LogP contribution in [0.1, 0.15) is 57.1 Å². The van der Waals surface area contributed by atoms with Crippen LogP contribution >= 0.6 is 0 Å². The van der Waals surface area contributed by atoms with Crippen molar-refractivity contribution in [3.8, 4) is 5.75 Å². The first-order valence-electron chi connectivity index (χ1n) is 7.99. The molecule has 1 N–H and O–H groups in total. The second kappa shape index (κ2) is 8.18. The van der Waals surface area contributed by atoms with Crippen molar-refractivity contribution in [2.24, 2.45) is 0 Å². The first-order chi connectivity index (χ1) is 10.2. The number of hydrogen-bond acceptors (Lipinski definition) is 2. The van der Waals surface area contributed by atoms with Gasteiger partial charge in [-0.3, -0.25) is 0 Å². The second-order valence-electron chi connectivity index (χ2n) is 5.71. The molecule has 21 heavy (non-hydrogen) atoms. The minimum Gasteiger partial charge on any atom is -0.494 e. The van der Waals surface area contributed by atoms with Gasteiger partial charge < -0.3 is 10.1 Å². The Morgan fingerprint density at radius 3 is 2.81 bits per heavy atom. The van der Waals surface area contributed by atoms with Gasteiger partial charge in [-0.2, -0.15) is 0 Å². The number of ether oxygens (including phenoxy) is 1. The van der Waals surface area contributed by atoms with Crippen LogP contribution < -0.4 is 10.1 Å². The summed E-state index contributed by atoms with van der Waals surface area (Å²) in [7, 11) is 1.50. The molecule has 0 fully saturated rings. The number of allylic oxidation sites excluding steroid dienone is 1. The van der Waals surface area contributed by atoms with E-state index in [9.17, 15) is 4.39 Å². The summed E-state index contributed by atoms with van der Waals surface area (Å²) in [6, 6.07) is 5.49. The highest BCUT2D eigenvalue weighted by atomic mass is 19.1. The number of hydrogen-bond donors (Lipinski definition) is 1. The smallest absolute Gasteiger partial charge is 0.165 e. The van der Waals surface area contributed by atoms with E-state index in [4.69, 9.17) is 4.74 Å². The summed E-state index contributed by atoms with van der Waals surface area (Å²) >= 11 is 0. The second-order valence-corrected chi connectivity index (χ2v) is 5.71. The molecule has 1 unspecified atom stereocenters. The summed E-state index contributed by atoms with van der Waals surface area (Å²) in [5.74, 6) is 0.0285. The molecule has 0 aliphatic heterocycles. The van der Waals surface area contributed by atoms with Crippen molar-refractivity contribution in [1.82, 2.24) is 5.32 Å². The highest BCUT2D eigenvalue weighted by Crippen LogP contribution is 2.29. The van der Waals surface area contributed by atoms with Crippen molar-refractivity contribution < 1.29 is 9.13 Å². The fraction of sp³-hybridized carbons (Fsp3) is 0.556. The van der Waals surface area contributed by atoms with E-state index < -0.39 is 0 Å². The fourth-order valence-corrected chi connectivity index (χ4v) is 2.88. The van der Waals surface area contributed by atoms with Crippen molar-refractivity contribution >= 4 is 0 Å². The molecule has 3 heteroatoms. The quantitative estimate of drug-likeness (QED) is 0.731. The summed E-state index contributed by atoms with van der Waals surface area (Å²) in [6.07, 6.45) is 9.37. The molecule has 0 bridgehead atoms. The molecular weight excluding hydrogens is 265 g/mol. The minimum absolute atomic E-state index is 0.190. The van der Waals surface area contributed by atoms with Crippen LogP contribution in [0.3, 0.4) is 0 Å². The lowest BCUT2D eigenvalue weighted by molar-refractivity contribution is 0.385. The molecule has 1 atom stereocenters. The van der Waals surface area contributed by atoms with Crippen molar-refractivity contribution in [2.75, 3.05) is 13.7 Å². The van der Waals surface area contributed by atoms with Crippen LogP contribution in [0, 0.1) is 5.82 Å². The predicted molar refractivity (Wildman–Crippen MR) is 85.2 cm³/mol. The highest BCUT2D eigenvalue weighted by Gasteiger charge is 2.16. The van der Waals surface area contributed by atoms with Gasteiger partial charge in [-0.1, -0.05) is 24.6 Å². The van der Waals surface area contributed by atoms with E-state index in [-0.39, 0.29) is 11.9 Å². The average molecular weight is 291 g/mol. The van der Waals surface area contributed by atoms with Crippen molar-refractivity contribution in [3.63, 3.8) is 0 Å². The lowest BCUT2D eigenvalue weighted by Gasteiger charge is -2.23. The largest absolute Gasteiger partial charge is 0.494 e. The Morgan fingerprint density at radius 1 is 1.33 bits per heavy atom. The maximum Gasteiger partial charge on any atom is 0.165 e. The van der Waals surface area contributed by atoms with E-state index >= 15 is 0 Å². The van der Waals surface area contributed by atoms with Gasteiger partial charge in [0, 0.05) is 6.04 Å². The van der Waals surface area contributed by atoms with Gasteiger partial charge in [0.2, 0.25) is 0 Å². The molecule has 0 saturated carbocycles. The summed E-state index contributed by atoms with van der Waals surface area (Å²) in [4.78, 5) is 0. The van der Waals surface area contributed by atoms with Gasteiger partial charge in [0.15, 0.2) is 11.6 Å². The van der Waals surface area contributed by atoms with Gasteiger partial charge in [0.25, 0.3) is 0 Å². The van der Waals surface area contributed by atoms with Crippen molar-refractivity contribution in [2.45, 2.75) is 51.5 Å². The Hall–Kier alpha value is -1.35. The molecule has 0 spiro atoms. The number of benzene rings is 1. The van der Waals surface area contributed by atoms with Crippen LogP contribution in [-0.2, 0) is 0 Å². The van der Waals surface area contributed by atoms with Gasteiger partial charge in [-0.05, 0) is 62.8 Å². The first-order valence-corrected chi connectivity index (χ1v) is 7.99. The van der Waals surface area contributed by atoms with E-state index in [0.717, 1.165) is 24.9 Å². The van der Waals surface area contributed by atoms with Crippen LogP contribution in [0.5, 0.6) is 5.75 Å². The number of rotatable bonds is 7. The molecule has 1 aliphatic carbocycles. The monoisotopic (exact) mass is 291 g/mol. The first kappa shape index (κ1) is 16.0. The fourth-order valence-electron chi connectivity index (χ4n) is 2.88. The summed E-state index contributed by atoms with van der Waals surface area (Å²) in [5.41, 5.74) is 2.51. The molecule has 0 saturated heterocycles. The van der Waals surface area contributed by atoms with Gasteiger partial charge in [-0.15, -0.1) is 0 Å². The lowest BCUT2D eigenvalue weighted by atomic mass is 9.91. The van der Waals surface area contributed by atoms with E-state index in [1.807, 2.05) is 6.07 Å². The normalized spacial score (nSPS) is 16.4. The van der Waals surface area contributed by atoms with Gasteiger partial charge in [-0.25, -0.2) is 4.39 Å². The third kappa shape index (κ3) is 4.57. The molecule has 0 amide bonds.